The van der Waals surface area contributed by atoms with E-state index in [-0.39, 0.29) is 11.9 Å². The zero-order chi connectivity index (χ0) is 13.0. The van der Waals surface area contributed by atoms with Crippen LogP contribution in [0.4, 0.5) is 0 Å². The van der Waals surface area contributed by atoms with Gasteiger partial charge >= 0.3 is 5.97 Å². The van der Waals surface area contributed by atoms with Crippen molar-refractivity contribution >= 4 is 16.7 Å². The summed E-state index contributed by atoms with van der Waals surface area (Å²) in [6.45, 7) is 4.24. The maximum atomic E-state index is 11.7. The number of carbonyl (C=O) groups excluding carboxylic acids is 1. The molecule has 2 aromatic carbocycles. The molecule has 0 radical (unpaired) electrons. The molecule has 2 aromatic rings. The van der Waals surface area contributed by atoms with Crippen molar-refractivity contribution in [3.63, 3.8) is 0 Å². The standard InChI is InChI=1S/C16H18O2/c1-3-12(2)16(17)18-11-14-9-6-8-13-7-4-5-10-15(13)14/h4-10,12H,3,11H2,1-2H3. The van der Waals surface area contributed by atoms with E-state index in [4.69, 9.17) is 4.74 Å². The maximum absolute atomic E-state index is 11.7. The van der Waals surface area contributed by atoms with Gasteiger partial charge in [-0.1, -0.05) is 56.3 Å². The molecular formula is C16H18O2. The normalized spacial score (nSPS) is 12.3. The van der Waals surface area contributed by atoms with E-state index in [1.807, 2.05) is 38.1 Å². The smallest absolute Gasteiger partial charge is 0.308 e. The van der Waals surface area contributed by atoms with Crippen molar-refractivity contribution in [2.24, 2.45) is 5.92 Å². The van der Waals surface area contributed by atoms with Gasteiger partial charge in [0.05, 0.1) is 5.92 Å². The third-order valence-corrected chi connectivity index (χ3v) is 3.26. The van der Waals surface area contributed by atoms with Crippen molar-refractivity contribution in [2.45, 2.75) is 26.9 Å². The first-order valence-corrected chi connectivity index (χ1v) is 6.35. The molecule has 0 fully saturated rings. The summed E-state index contributed by atoms with van der Waals surface area (Å²) in [6, 6.07) is 14.2. The van der Waals surface area contributed by atoms with Gasteiger partial charge < -0.3 is 4.74 Å². The van der Waals surface area contributed by atoms with Crippen LogP contribution in [0.25, 0.3) is 10.8 Å². The number of fused-ring (bicyclic) bond motifs is 1. The molecule has 2 nitrogen and oxygen atoms in total. The molecule has 2 rings (SSSR count). The van der Waals surface area contributed by atoms with Gasteiger partial charge in [0.1, 0.15) is 6.61 Å². The number of hydrogen-bond acceptors (Lipinski definition) is 2. The van der Waals surface area contributed by atoms with E-state index in [1.54, 1.807) is 0 Å². The first-order valence-electron chi connectivity index (χ1n) is 6.35. The zero-order valence-corrected chi connectivity index (χ0v) is 10.8. The molecule has 1 unspecified atom stereocenters. The summed E-state index contributed by atoms with van der Waals surface area (Å²) in [5.41, 5.74) is 1.06. The molecule has 0 aromatic heterocycles. The van der Waals surface area contributed by atoms with Gasteiger partial charge in [0, 0.05) is 0 Å². The van der Waals surface area contributed by atoms with Gasteiger partial charge in [-0.15, -0.1) is 0 Å². The summed E-state index contributed by atoms with van der Waals surface area (Å²) in [5, 5.41) is 2.33. The number of carbonyl (C=O) groups is 1. The largest absolute Gasteiger partial charge is 0.461 e. The summed E-state index contributed by atoms with van der Waals surface area (Å²) in [4.78, 5) is 11.7. The lowest BCUT2D eigenvalue weighted by molar-refractivity contribution is -0.149. The van der Waals surface area contributed by atoms with Crippen LogP contribution in [-0.4, -0.2) is 5.97 Å². The molecule has 0 spiro atoms. The molecule has 94 valence electrons. The lowest BCUT2D eigenvalue weighted by Crippen LogP contribution is -2.13. The van der Waals surface area contributed by atoms with Crippen molar-refractivity contribution in [1.82, 2.24) is 0 Å². The highest BCUT2D eigenvalue weighted by molar-refractivity contribution is 5.85. The van der Waals surface area contributed by atoms with Crippen LogP contribution in [0.3, 0.4) is 0 Å². The minimum Gasteiger partial charge on any atom is -0.461 e. The van der Waals surface area contributed by atoms with E-state index >= 15 is 0 Å². The second-order valence-electron chi connectivity index (χ2n) is 4.56. The highest BCUT2D eigenvalue weighted by Crippen LogP contribution is 2.19. The van der Waals surface area contributed by atoms with Crippen LogP contribution in [0.15, 0.2) is 42.5 Å². The fourth-order valence-corrected chi connectivity index (χ4v) is 1.88. The molecule has 18 heavy (non-hydrogen) atoms. The van der Waals surface area contributed by atoms with Crippen LogP contribution in [0, 0.1) is 5.92 Å². The average molecular weight is 242 g/mol. The molecular weight excluding hydrogens is 224 g/mol. The van der Waals surface area contributed by atoms with E-state index in [9.17, 15) is 4.79 Å². The van der Waals surface area contributed by atoms with Gasteiger partial charge in [0.25, 0.3) is 0 Å². The summed E-state index contributed by atoms with van der Waals surface area (Å²) in [6.07, 6.45) is 0.814. The molecule has 0 amide bonds. The summed E-state index contributed by atoms with van der Waals surface area (Å²) in [5.74, 6) is -0.148. The molecule has 0 aliphatic carbocycles. The molecule has 0 N–H and O–H groups in total. The Kier molecular flexibility index (Phi) is 3.98. The molecule has 0 bridgehead atoms. The zero-order valence-electron chi connectivity index (χ0n) is 10.8. The van der Waals surface area contributed by atoms with E-state index in [0.717, 1.165) is 17.4 Å². The van der Waals surface area contributed by atoms with Crippen molar-refractivity contribution in [2.75, 3.05) is 0 Å². The predicted octanol–water partition coefficient (Wildman–Crippen LogP) is 3.93. The van der Waals surface area contributed by atoms with Gasteiger partial charge in [0.15, 0.2) is 0 Å². The Labute approximate surface area is 108 Å². The third kappa shape index (κ3) is 2.70. The Morgan fingerprint density at radius 1 is 1.17 bits per heavy atom. The van der Waals surface area contributed by atoms with Crippen molar-refractivity contribution < 1.29 is 9.53 Å². The maximum Gasteiger partial charge on any atom is 0.308 e. The Balaban J connectivity index is 2.15. The minimum absolute atomic E-state index is 0.0278. The van der Waals surface area contributed by atoms with Crippen LogP contribution in [0.2, 0.25) is 0 Å². The van der Waals surface area contributed by atoms with Gasteiger partial charge in [-0.2, -0.15) is 0 Å². The first kappa shape index (κ1) is 12.6. The Bertz CT molecular complexity index is 540. The fraction of sp³-hybridized carbons (Fsp3) is 0.312. The predicted molar refractivity (Wildman–Crippen MR) is 73.2 cm³/mol. The molecule has 1 atom stereocenters. The number of ether oxygens (including phenoxy) is 1. The van der Waals surface area contributed by atoms with Gasteiger partial charge in [-0.3, -0.25) is 4.79 Å². The summed E-state index contributed by atoms with van der Waals surface area (Å²) in [7, 11) is 0. The van der Waals surface area contributed by atoms with Crippen molar-refractivity contribution in [3.8, 4) is 0 Å². The van der Waals surface area contributed by atoms with Crippen LogP contribution in [-0.2, 0) is 16.1 Å². The second kappa shape index (κ2) is 5.67. The van der Waals surface area contributed by atoms with E-state index in [2.05, 4.69) is 18.2 Å². The van der Waals surface area contributed by atoms with E-state index < -0.39 is 0 Å². The van der Waals surface area contributed by atoms with Gasteiger partial charge in [-0.25, -0.2) is 0 Å². The minimum atomic E-state index is -0.120. The first-order chi connectivity index (χ1) is 8.72. The van der Waals surface area contributed by atoms with Crippen LogP contribution >= 0.6 is 0 Å². The van der Waals surface area contributed by atoms with Crippen LogP contribution < -0.4 is 0 Å². The molecule has 2 heteroatoms. The lowest BCUT2D eigenvalue weighted by Gasteiger charge is -2.11. The molecule has 0 heterocycles. The molecule has 0 saturated heterocycles. The second-order valence-corrected chi connectivity index (χ2v) is 4.56. The highest BCUT2D eigenvalue weighted by atomic mass is 16.5. The monoisotopic (exact) mass is 242 g/mol. The number of hydrogen-bond donors (Lipinski definition) is 0. The summed E-state index contributed by atoms with van der Waals surface area (Å²) >= 11 is 0. The Morgan fingerprint density at radius 3 is 2.67 bits per heavy atom. The SMILES string of the molecule is CCC(C)C(=O)OCc1cccc2ccccc12. The number of rotatable bonds is 4. The van der Waals surface area contributed by atoms with Crippen LogP contribution in [0.1, 0.15) is 25.8 Å². The lowest BCUT2D eigenvalue weighted by atomic mass is 10.1. The average Bonchev–Trinajstić information content (AvgIpc) is 2.43. The topological polar surface area (TPSA) is 26.3 Å². The van der Waals surface area contributed by atoms with E-state index in [0.29, 0.717) is 6.61 Å². The quantitative estimate of drug-likeness (QED) is 0.759. The van der Waals surface area contributed by atoms with Gasteiger partial charge in [-0.05, 0) is 22.8 Å². The summed E-state index contributed by atoms with van der Waals surface area (Å²) < 4.78 is 5.35. The number of esters is 1. The third-order valence-electron chi connectivity index (χ3n) is 3.26. The molecule has 0 saturated carbocycles. The van der Waals surface area contributed by atoms with Crippen molar-refractivity contribution in [1.29, 1.82) is 0 Å². The van der Waals surface area contributed by atoms with Crippen molar-refractivity contribution in [3.05, 3.63) is 48.0 Å². The molecule has 0 aliphatic heterocycles. The Morgan fingerprint density at radius 2 is 1.89 bits per heavy atom. The van der Waals surface area contributed by atoms with Crippen LogP contribution in [0.5, 0.6) is 0 Å². The Hall–Kier alpha value is -1.83. The highest BCUT2D eigenvalue weighted by Gasteiger charge is 2.12. The molecule has 0 aliphatic rings. The number of benzene rings is 2. The van der Waals surface area contributed by atoms with Gasteiger partial charge in [0.2, 0.25) is 0 Å². The fourth-order valence-electron chi connectivity index (χ4n) is 1.88. The van der Waals surface area contributed by atoms with E-state index in [1.165, 1.54) is 5.39 Å².